The molecule has 0 aliphatic heterocycles. The smallest absolute Gasteiger partial charge is 0.181 e. The first-order valence-electron chi connectivity index (χ1n) is 4.68. The lowest BCUT2D eigenvalue weighted by molar-refractivity contribution is 0.101. The van der Waals surface area contributed by atoms with Crippen LogP contribution in [0.4, 0.5) is 0 Å². The molecule has 0 spiro atoms. The predicted molar refractivity (Wildman–Crippen MR) is 56.1 cm³/mol. The summed E-state index contributed by atoms with van der Waals surface area (Å²) in [5.74, 6) is -0.0742. The Kier molecular flexibility index (Phi) is 2.33. The maximum atomic E-state index is 11.1. The van der Waals surface area contributed by atoms with Gasteiger partial charge < -0.3 is 0 Å². The first-order chi connectivity index (χ1) is 7.18. The number of carbonyl (C=O) groups is 1. The molecule has 4 nitrogen and oxygen atoms in total. The standard InChI is InChI=1S/C11H11N3O/c1-8-5-3-4-6-11(8)14-12-7-10(13-14)9(2)15/h3-7H,1-2H3. The average molecular weight is 201 g/mol. The fourth-order valence-corrected chi connectivity index (χ4v) is 1.33. The van der Waals surface area contributed by atoms with Gasteiger partial charge in [-0.15, -0.1) is 5.10 Å². The minimum absolute atomic E-state index is 0.0742. The second kappa shape index (κ2) is 3.65. The summed E-state index contributed by atoms with van der Waals surface area (Å²) in [7, 11) is 0. The Morgan fingerprint density at radius 3 is 2.67 bits per heavy atom. The zero-order valence-corrected chi connectivity index (χ0v) is 8.64. The lowest BCUT2D eigenvalue weighted by Gasteiger charge is -2.02. The van der Waals surface area contributed by atoms with Crippen LogP contribution in [-0.4, -0.2) is 20.8 Å². The molecule has 1 aromatic carbocycles. The molecule has 0 aliphatic rings. The number of Topliss-reactive ketones (excluding diaryl/α,β-unsaturated/α-hetero) is 1. The van der Waals surface area contributed by atoms with Crippen LogP contribution in [0.2, 0.25) is 0 Å². The van der Waals surface area contributed by atoms with Crippen LogP contribution in [0.15, 0.2) is 30.5 Å². The molecule has 0 saturated carbocycles. The number of rotatable bonds is 2. The number of nitrogens with zero attached hydrogens (tertiary/aromatic N) is 3. The molecule has 0 amide bonds. The SMILES string of the molecule is CC(=O)c1cnn(-c2ccccc2C)n1. The zero-order valence-electron chi connectivity index (χ0n) is 8.64. The van der Waals surface area contributed by atoms with Crippen LogP contribution in [-0.2, 0) is 0 Å². The lowest BCUT2D eigenvalue weighted by Crippen LogP contribution is -2.02. The number of benzene rings is 1. The van der Waals surface area contributed by atoms with E-state index in [1.165, 1.54) is 17.9 Å². The Morgan fingerprint density at radius 1 is 1.33 bits per heavy atom. The maximum absolute atomic E-state index is 11.1. The summed E-state index contributed by atoms with van der Waals surface area (Å²) in [5.41, 5.74) is 2.35. The summed E-state index contributed by atoms with van der Waals surface area (Å²) in [6, 6.07) is 7.76. The van der Waals surface area contributed by atoms with Crippen molar-refractivity contribution in [1.82, 2.24) is 15.0 Å². The number of hydrogen-bond acceptors (Lipinski definition) is 3. The quantitative estimate of drug-likeness (QED) is 0.696. The van der Waals surface area contributed by atoms with Crippen molar-refractivity contribution < 1.29 is 4.79 Å². The lowest BCUT2D eigenvalue weighted by atomic mass is 10.2. The Hall–Kier alpha value is -1.97. The van der Waals surface area contributed by atoms with Crippen LogP contribution in [0.5, 0.6) is 0 Å². The summed E-state index contributed by atoms with van der Waals surface area (Å²) in [5, 5.41) is 8.15. The van der Waals surface area contributed by atoms with Crippen molar-refractivity contribution in [2.24, 2.45) is 0 Å². The van der Waals surface area contributed by atoms with Gasteiger partial charge in [-0.25, -0.2) is 0 Å². The number of aryl methyl sites for hydroxylation is 1. The highest BCUT2D eigenvalue weighted by molar-refractivity contribution is 5.91. The molecule has 0 unspecified atom stereocenters. The fraction of sp³-hybridized carbons (Fsp3) is 0.182. The second-order valence-corrected chi connectivity index (χ2v) is 3.36. The molecule has 2 rings (SSSR count). The summed E-state index contributed by atoms with van der Waals surface area (Å²) in [4.78, 5) is 12.5. The molecular formula is C11H11N3O. The van der Waals surface area contributed by atoms with Crippen LogP contribution < -0.4 is 0 Å². The molecule has 0 bridgehead atoms. The molecular weight excluding hydrogens is 190 g/mol. The fourth-order valence-electron chi connectivity index (χ4n) is 1.33. The van der Waals surface area contributed by atoms with Gasteiger partial charge in [-0.2, -0.15) is 9.90 Å². The first-order valence-corrected chi connectivity index (χ1v) is 4.68. The van der Waals surface area contributed by atoms with Crippen molar-refractivity contribution in [2.45, 2.75) is 13.8 Å². The van der Waals surface area contributed by atoms with E-state index in [2.05, 4.69) is 10.2 Å². The van der Waals surface area contributed by atoms with Gasteiger partial charge in [-0.05, 0) is 18.6 Å². The highest BCUT2D eigenvalue weighted by Crippen LogP contribution is 2.10. The third kappa shape index (κ3) is 1.79. The van der Waals surface area contributed by atoms with E-state index in [-0.39, 0.29) is 5.78 Å². The zero-order chi connectivity index (χ0) is 10.8. The third-order valence-electron chi connectivity index (χ3n) is 2.18. The van der Waals surface area contributed by atoms with Crippen molar-refractivity contribution in [1.29, 1.82) is 0 Å². The molecule has 1 heterocycles. The van der Waals surface area contributed by atoms with Crippen LogP contribution in [0, 0.1) is 6.92 Å². The van der Waals surface area contributed by atoms with Crippen molar-refractivity contribution in [3.8, 4) is 5.69 Å². The second-order valence-electron chi connectivity index (χ2n) is 3.36. The monoisotopic (exact) mass is 201 g/mol. The van der Waals surface area contributed by atoms with Gasteiger partial charge in [0.25, 0.3) is 0 Å². The molecule has 0 aliphatic carbocycles. The van der Waals surface area contributed by atoms with Crippen LogP contribution in [0.25, 0.3) is 5.69 Å². The van der Waals surface area contributed by atoms with Gasteiger partial charge in [0.05, 0.1) is 11.9 Å². The van der Waals surface area contributed by atoms with Gasteiger partial charge in [-0.3, -0.25) is 4.79 Å². The number of ketones is 1. The van der Waals surface area contributed by atoms with E-state index in [0.717, 1.165) is 11.3 Å². The van der Waals surface area contributed by atoms with Gasteiger partial charge in [0.2, 0.25) is 0 Å². The molecule has 76 valence electrons. The van der Waals surface area contributed by atoms with Crippen molar-refractivity contribution in [2.75, 3.05) is 0 Å². The maximum Gasteiger partial charge on any atom is 0.181 e. The Morgan fingerprint density at radius 2 is 2.07 bits per heavy atom. The molecule has 15 heavy (non-hydrogen) atoms. The normalized spacial score (nSPS) is 10.3. The van der Waals surface area contributed by atoms with Gasteiger partial charge in [0.15, 0.2) is 5.78 Å². The highest BCUT2D eigenvalue weighted by Gasteiger charge is 2.07. The van der Waals surface area contributed by atoms with Gasteiger partial charge in [0.1, 0.15) is 5.69 Å². The highest BCUT2D eigenvalue weighted by atomic mass is 16.1. The van der Waals surface area contributed by atoms with Crippen molar-refractivity contribution >= 4 is 5.78 Å². The molecule has 2 aromatic rings. The summed E-state index contributed by atoms with van der Waals surface area (Å²) < 4.78 is 0. The number of hydrogen-bond donors (Lipinski definition) is 0. The topological polar surface area (TPSA) is 47.8 Å². The Labute approximate surface area is 87.5 Å². The average Bonchev–Trinajstić information content (AvgIpc) is 2.67. The van der Waals surface area contributed by atoms with Crippen molar-refractivity contribution in [3.05, 3.63) is 41.7 Å². The minimum Gasteiger partial charge on any atom is -0.293 e. The summed E-state index contributed by atoms with van der Waals surface area (Å²) >= 11 is 0. The van der Waals surface area contributed by atoms with Crippen LogP contribution in [0.3, 0.4) is 0 Å². The van der Waals surface area contributed by atoms with Gasteiger partial charge in [-0.1, -0.05) is 18.2 Å². The molecule has 0 fully saturated rings. The largest absolute Gasteiger partial charge is 0.293 e. The van der Waals surface area contributed by atoms with Gasteiger partial charge >= 0.3 is 0 Å². The molecule has 0 saturated heterocycles. The van der Waals surface area contributed by atoms with E-state index < -0.39 is 0 Å². The number of para-hydroxylation sites is 1. The van der Waals surface area contributed by atoms with E-state index in [9.17, 15) is 4.79 Å². The van der Waals surface area contributed by atoms with E-state index in [0.29, 0.717) is 5.69 Å². The number of carbonyl (C=O) groups excluding carboxylic acids is 1. The summed E-state index contributed by atoms with van der Waals surface area (Å²) in [6.45, 7) is 3.46. The Bertz CT molecular complexity index is 502. The van der Waals surface area contributed by atoms with E-state index in [4.69, 9.17) is 0 Å². The van der Waals surface area contributed by atoms with E-state index >= 15 is 0 Å². The minimum atomic E-state index is -0.0742. The van der Waals surface area contributed by atoms with E-state index in [1.807, 2.05) is 31.2 Å². The van der Waals surface area contributed by atoms with Crippen molar-refractivity contribution in [3.63, 3.8) is 0 Å². The molecule has 4 heteroatoms. The number of aromatic nitrogens is 3. The Balaban J connectivity index is 2.46. The third-order valence-corrected chi connectivity index (χ3v) is 2.18. The first kappa shape index (κ1) is 9.58. The van der Waals surface area contributed by atoms with E-state index in [1.54, 1.807) is 0 Å². The predicted octanol–water partition coefficient (Wildman–Crippen LogP) is 1.78. The van der Waals surface area contributed by atoms with Crippen LogP contribution in [0.1, 0.15) is 23.0 Å². The molecule has 0 radical (unpaired) electrons. The molecule has 0 atom stereocenters. The van der Waals surface area contributed by atoms with Crippen LogP contribution >= 0.6 is 0 Å². The molecule has 1 aromatic heterocycles. The molecule has 0 N–H and O–H groups in total. The summed E-state index contributed by atoms with van der Waals surface area (Å²) in [6.07, 6.45) is 1.48. The van der Waals surface area contributed by atoms with Gasteiger partial charge in [0, 0.05) is 6.92 Å².